The van der Waals surface area contributed by atoms with Crippen molar-refractivity contribution in [2.24, 2.45) is 0 Å². The molecule has 0 aliphatic heterocycles. The van der Waals surface area contributed by atoms with Crippen molar-refractivity contribution in [3.63, 3.8) is 0 Å². The molecule has 0 atom stereocenters. The number of benzene rings is 2. The van der Waals surface area contributed by atoms with Crippen LogP contribution in [-0.2, 0) is 6.42 Å². The predicted octanol–water partition coefficient (Wildman–Crippen LogP) is 6.33. The molecular weight excluding hydrogens is 443 g/mol. The van der Waals surface area contributed by atoms with Gasteiger partial charge in [0.2, 0.25) is 0 Å². The van der Waals surface area contributed by atoms with Gasteiger partial charge in [0.25, 0.3) is 5.56 Å². The Morgan fingerprint density at radius 3 is 2.50 bits per heavy atom. The molecule has 7 heteroatoms. The van der Waals surface area contributed by atoms with Gasteiger partial charge in [0.1, 0.15) is 16.4 Å². The Labute approximate surface area is 195 Å². The standard InChI is InChI=1S/C25H25FN2O2S2/c1-4-5-21-17(3)22-23(32-21)27-25(28(24(22)29)19-10-8-18(26)9-11-19)31-15-14-30-20-12-6-16(2)7-13-20/h6-13H,4-5,14-15H2,1-3H3. The molecule has 4 nitrogen and oxygen atoms in total. The lowest BCUT2D eigenvalue weighted by Crippen LogP contribution is -2.22. The van der Waals surface area contributed by atoms with Gasteiger partial charge < -0.3 is 4.74 Å². The maximum Gasteiger partial charge on any atom is 0.267 e. The Bertz CT molecular complexity index is 1280. The van der Waals surface area contributed by atoms with Crippen molar-refractivity contribution in [3.05, 3.63) is 80.7 Å². The molecule has 0 N–H and O–H groups in total. The third kappa shape index (κ3) is 4.74. The first kappa shape index (κ1) is 22.6. The second-order valence-electron chi connectivity index (χ2n) is 7.60. The van der Waals surface area contributed by atoms with Crippen LogP contribution in [0.25, 0.3) is 15.9 Å². The highest BCUT2D eigenvalue weighted by Crippen LogP contribution is 2.31. The topological polar surface area (TPSA) is 44.1 Å². The van der Waals surface area contributed by atoms with Gasteiger partial charge in [0, 0.05) is 10.6 Å². The number of rotatable bonds is 8. The summed E-state index contributed by atoms with van der Waals surface area (Å²) in [7, 11) is 0. The first-order chi connectivity index (χ1) is 15.5. The molecule has 166 valence electrons. The number of aryl methyl sites for hydroxylation is 3. The number of thioether (sulfide) groups is 1. The van der Waals surface area contributed by atoms with E-state index in [1.165, 1.54) is 34.3 Å². The average molecular weight is 469 g/mol. The maximum absolute atomic E-state index is 13.6. The molecule has 2 heterocycles. The summed E-state index contributed by atoms with van der Waals surface area (Å²) < 4.78 is 20.9. The minimum Gasteiger partial charge on any atom is -0.493 e. The number of ether oxygens (including phenoxy) is 1. The molecule has 0 unspecified atom stereocenters. The van der Waals surface area contributed by atoms with Crippen molar-refractivity contribution < 1.29 is 9.13 Å². The van der Waals surface area contributed by atoms with Crippen LogP contribution in [0.5, 0.6) is 5.75 Å². The fourth-order valence-corrected chi connectivity index (χ4v) is 5.67. The van der Waals surface area contributed by atoms with Crippen LogP contribution in [0, 0.1) is 19.7 Å². The summed E-state index contributed by atoms with van der Waals surface area (Å²) in [6.07, 6.45) is 1.94. The molecule has 4 aromatic rings. The monoisotopic (exact) mass is 468 g/mol. The van der Waals surface area contributed by atoms with E-state index in [-0.39, 0.29) is 11.4 Å². The van der Waals surface area contributed by atoms with E-state index in [9.17, 15) is 9.18 Å². The summed E-state index contributed by atoms with van der Waals surface area (Å²) in [4.78, 5) is 20.4. The van der Waals surface area contributed by atoms with Crippen LogP contribution < -0.4 is 10.3 Å². The van der Waals surface area contributed by atoms with E-state index in [0.29, 0.717) is 28.6 Å². The number of hydrogen-bond donors (Lipinski definition) is 0. The fraction of sp³-hybridized carbons (Fsp3) is 0.280. The Kier molecular flexibility index (Phi) is 6.96. The molecule has 32 heavy (non-hydrogen) atoms. The summed E-state index contributed by atoms with van der Waals surface area (Å²) in [5, 5.41) is 1.24. The zero-order chi connectivity index (χ0) is 22.7. The molecule has 0 spiro atoms. The first-order valence-corrected chi connectivity index (χ1v) is 12.4. The quantitative estimate of drug-likeness (QED) is 0.172. The summed E-state index contributed by atoms with van der Waals surface area (Å²) >= 11 is 3.06. The van der Waals surface area contributed by atoms with Gasteiger partial charge in [0.05, 0.1) is 17.7 Å². The maximum atomic E-state index is 13.6. The average Bonchev–Trinajstić information content (AvgIpc) is 3.09. The molecule has 2 aromatic heterocycles. The number of hydrogen-bond acceptors (Lipinski definition) is 5. The fourth-order valence-electron chi connectivity index (χ4n) is 3.52. The van der Waals surface area contributed by atoms with Crippen LogP contribution in [0.1, 0.15) is 29.3 Å². The van der Waals surface area contributed by atoms with Gasteiger partial charge in [-0.2, -0.15) is 0 Å². The number of halogens is 1. The van der Waals surface area contributed by atoms with Crippen molar-refractivity contribution in [1.29, 1.82) is 0 Å². The molecule has 0 aliphatic rings. The third-order valence-corrected chi connectivity index (χ3v) is 7.35. The first-order valence-electron chi connectivity index (χ1n) is 10.6. The van der Waals surface area contributed by atoms with Gasteiger partial charge >= 0.3 is 0 Å². The molecule has 0 aliphatic carbocycles. The molecule has 2 aromatic carbocycles. The van der Waals surface area contributed by atoms with Crippen LogP contribution in [0.3, 0.4) is 0 Å². The van der Waals surface area contributed by atoms with Crippen LogP contribution in [0.4, 0.5) is 4.39 Å². The summed E-state index contributed by atoms with van der Waals surface area (Å²) in [6, 6.07) is 13.9. The Morgan fingerprint density at radius 2 is 1.81 bits per heavy atom. The van der Waals surface area contributed by atoms with Crippen molar-refractivity contribution in [2.45, 2.75) is 38.8 Å². The number of nitrogens with zero attached hydrogens (tertiary/aromatic N) is 2. The zero-order valence-electron chi connectivity index (χ0n) is 18.4. The highest BCUT2D eigenvalue weighted by molar-refractivity contribution is 7.99. The van der Waals surface area contributed by atoms with Gasteiger partial charge in [-0.05, 0) is 62.2 Å². The van der Waals surface area contributed by atoms with Crippen LogP contribution in [0.15, 0.2) is 58.5 Å². The van der Waals surface area contributed by atoms with Crippen molar-refractivity contribution in [3.8, 4) is 11.4 Å². The van der Waals surface area contributed by atoms with E-state index in [1.54, 1.807) is 28.0 Å². The van der Waals surface area contributed by atoms with Gasteiger partial charge in [-0.1, -0.05) is 42.8 Å². The van der Waals surface area contributed by atoms with E-state index in [4.69, 9.17) is 9.72 Å². The molecule has 0 saturated heterocycles. The second-order valence-corrected chi connectivity index (χ2v) is 9.75. The zero-order valence-corrected chi connectivity index (χ0v) is 20.0. The summed E-state index contributed by atoms with van der Waals surface area (Å²) in [5.41, 5.74) is 2.68. The van der Waals surface area contributed by atoms with Gasteiger partial charge in [-0.15, -0.1) is 11.3 Å². The molecule has 4 rings (SSSR count). The smallest absolute Gasteiger partial charge is 0.267 e. The molecule has 0 saturated carbocycles. The normalized spacial score (nSPS) is 11.2. The Hall–Kier alpha value is -2.64. The summed E-state index contributed by atoms with van der Waals surface area (Å²) in [5.74, 6) is 1.10. The van der Waals surface area contributed by atoms with Crippen LogP contribution in [0.2, 0.25) is 0 Å². The SMILES string of the molecule is CCCc1sc2nc(SCCOc3ccc(C)cc3)n(-c3ccc(F)cc3)c(=O)c2c1C. The van der Waals surface area contributed by atoms with E-state index in [0.717, 1.165) is 29.0 Å². The van der Waals surface area contributed by atoms with E-state index >= 15 is 0 Å². The van der Waals surface area contributed by atoms with E-state index in [2.05, 4.69) is 6.92 Å². The number of aromatic nitrogens is 2. The Morgan fingerprint density at radius 1 is 1.09 bits per heavy atom. The van der Waals surface area contributed by atoms with Crippen molar-refractivity contribution >= 4 is 33.3 Å². The lowest BCUT2D eigenvalue weighted by Gasteiger charge is -2.13. The highest BCUT2D eigenvalue weighted by atomic mass is 32.2. The van der Waals surface area contributed by atoms with Gasteiger partial charge in [-0.25, -0.2) is 9.37 Å². The second kappa shape index (κ2) is 9.88. The minimum absolute atomic E-state index is 0.111. The van der Waals surface area contributed by atoms with Gasteiger partial charge in [0.15, 0.2) is 5.16 Å². The molecule has 0 bridgehead atoms. The Balaban J connectivity index is 1.67. The van der Waals surface area contributed by atoms with Crippen molar-refractivity contribution in [2.75, 3.05) is 12.4 Å². The van der Waals surface area contributed by atoms with Crippen LogP contribution in [-0.4, -0.2) is 21.9 Å². The van der Waals surface area contributed by atoms with Crippen LogP contribution >= 0.6 is 23.1 Å². The van der Waals surface area contributed by atoms with E-state index in [1.807, 2.05) is 38.1 Å². The van der Waals surface area contributed by atoms with Gasteiger partial charge in [-0.3, -0.25) is 9.36 Å². The minimum atomic E-state index is -0.339. The number of fused-ring (bicyclic) bond motifs is 1. The predicted molar refractivity (Wildman–Crippen MR) is 131 cm³/mol. The highest BCUT2D eigenvalue weighted by Gasteiger charge is 2.19. The lowest BCUT2D eigenvalue weighted by molar-refractivity contribution is 0.344. The largest absolute Gasteiger partial charge is 0.493 e. The van der Waals surface area contributed by atoms with E-state index < -0.39 is 0 Å². The number of thiophene rings is 1. The molecule has 0 radical (unpaired) electrons. The molecule has 0 amide bonds. The molecule has 0 fully saturated rings. The third-order valence-electron chi connectivity index (χ3n) is 5.20. The molecular formula is C25H25FN2O2S2. The van der Waals surface area contributed by atoms with Crippen molar-refractivity contribution in [1.82, 2.24) is 9.55 Å². The lowest BCUT2D eigenvalue weighted by atomic mass is 10.1. The summed E-state index contributed by atoms with van der Waals surface area (Å²) in [6.45, 7) is 6.64.